The van der Waals surface area contributed by atoms with Crippen LogP contribution in [0.3, 0.4) is 0 Å². The fourth-order valence-corrected chi connectivity index (χ4v) is 5.46. The van der Waals surface area contributed by atoms with E-state index in [2.05, 4.69) is 28.5 Å². The third kappa shape index (κ3) is 4.04. The summed E-state index contributed by atoms with van der Waals surface area (Å²) < 4.78 is 1.41. The number of hydrogen-bond acceptors (Lipinski definition) is 4. The zero-order valence-electron chi connectivity index (χ0n) is 18.4. The topological polar surface area (TPSA) is 84.0 Å². The van der Waals surface area contributed by atoms with Gasteiger partial charge < -0.3 is 14.9 Å². The maximum atomic E-state index is 13.3. The molecule has 1 aliphatic carbocycles. The number of aromatic nitrogens is 2. The van der Waals surface area contributed by atoms with Gasteiger partial charge in [-0.05, 0) is 78.9 Å². The molecular formula is C26H25N3O3S. The van der Waals surface area contributed by atoms with E-state index in [-0.39, 0.29) is 11.9 Å². The summed E-state index contributed by atoms with van der Waals surface area (Å²) in [5.41, 5.74) is 4.06. The van der Waals surface area contributed by atoms with E-state index in [0.717, 1.165) is 23.3 Å². The van der Waals surface area contributed by atoms with Gasteiger partial charge in [0.2, 0.25) is 0 Å². The number of aryl methyl sites for hydroxylation is 3. The van der Waals surface area contributed by atoms with Crippen molar-refractivity contribution in [2.24, 2.45) is 0 Å². The summed E-state index contributed by atoms with van der Waals surface area (Å²) in [5, 5.41) is 5.20. The zero-order chi connectivity index (χ0) is 22.9. The van der Waals surface area contributed by atoms with E-state index in [1.165, 1.54) is 28.5 Å². The Morgan fingerprint density at radius 1 is 1.09 bits per heavy atom. The smallest absolute Gasteiger partial charge is 0.316 e. The van der Waals surface area contributed by atoms with Gasteiger partial charge >= 0.3 is 11.1 Å². The van der Waals surface area contributed by atoms with E-state index in [4.69, 9.17) is 0 Å². The number of rotatable bonds is 5. The average molecular weight is 460 g/mol. The molecular weight excluding hydrogens is 434 g/mol. The van der Waals surface area contributed by atoms with Gasteiger partial charge in [0.15, 0.2) is 0 Å². The lowest BCUT2D eigenvalue weighted by Crippen LogP contribution is -2.36. The van der Waals surface area contributed by atoms with Gasteiger partial charge in [-0.1, -0.05) is 24.3 Å². The van der Waals surface area contributed by atoms with Crippen LogP contribution in [0.5, 0.6) is 0 Å². The number of aromatic amines is 1. The molecule has 0 bridgehead atoms. The largest absolute Gasteiger partial charge is 0.340 e. The lowest BCUT2D eigenvalue weighted by atomic mass is 9.89. The second-order valence-electron chi connectivity index (χ2n) is 8.39. The Morgan fingerprint density at radius 3 is 2.67 bits per heavy atom. The van der Waals surface area contributed by atoms with Gasteiger partial charge in [0.1, 0.15) is 0 Å². The Kier molecular flexibility index (Phi) is 5.72. The van der Waals surface area contributed by atoms with Crippen LogP contribution in [-0.2, 0) is 19.4 Å². The lowest BCUT2D eigenvalue weighted by Gasteiger charge is -2.22. The molecule has 0 spiro atoms. The van der Waals surface area contributed by atoms with Gasteiger partial charge in [-0.3, -0.25) is 14.4 Å². The standard InChI is InChI=1S/C26H25N3O3S/c1-2-29-21-12-11-19(15-20(21)27-25(31)26(29)32)24(30)28-23(22-8-5-13-33-22)18-10-9-16-6-3-4-7-17(16)14-18/h5,8-15,23H,2-4,6-7H2,1H3,(H,27,31)(H,28,30). The molecule has 0 aliphatic heterocycles. The van der Waals surface area contributed by atoms with E-state index in [1.807, 2.05) is 24.4 Å². The summed E-state index contributed by atoms with van der Waals surface area (Å²) >= 11 is 1.61. The fraction of sp³-hybridized carbons (Fsp3) is 0.269. The molecule has 33 heavy (non-hydrogen) atoms. The fourth-order valence-electron chi connectivity index (χ4n) is 4.66. The SMILES string of the molecule is CCn1c(=O)c(=O)[nH]c2cc(C(=O)NC(c3ccc4c(c3)CCCC4)c3cccs3)ccc21. The third-order valence-electron chi connectivity index (χ3n) is 6.36. The molecule has 5 rings (SSSR count). The van der Waals surface area contributed by atoms with Crippen molar-refractivity contribution in [1.29, 1.82) is 0 Å². The highest BCUT2D eigenvalue weighted by Crippen LogP contribution is 2.30. The van der Waals surface area contributed by atoms with Crippen molar-refractivity contribution in [2.75, 3.05) is 0 Å². The van der Waals surface area contributed by atoms with Gasteiger partial charge in [-0.15, -0.1) is 11.3 Å². The van der Waals surface area contributed by atoms with Crippen LogP contribution in [0.1, 0.15) is 57.7 Å². The molecule has 2 heterocycles. The van der Waals surface area contributed by atoms with Crippen LogP contribution in [0, 0.1) is 0 Å². The number of H-pyrrole nitrogens is 1. The second-order valence-corrected chi connectivity index (χ2v) is 9.37. The normalized spacial score (nSPS) is 14.1. The molecule has 1 unspecified atom stereocenters. The number of carbonyl (C=O) groups excluding carboxylic acids is 1. The number of benzene rings is 2. The molecule has 0 radical (unpaired) electrons. The quantitative estimate of drug-likeness (QED) is 0.440. The maximum Gasteiger partial charge on any atom is 0.316 e. The summed E-state index contributed by atoms with van der Waals surface area (Å²) in [6, 6.07) is 15.4. The number of carbonyl (C=O) groups is 1. The number of amides is 1. The molecule has 1 aliphatic rings. The van der Waals surface area contributed by atoms with Gasteiger partial charge in [0, 0.05) is 17.0 Å². The van der Waals surface area contributed by atoms with E-state index >= 15 is 0 Å². The molecule has 1 amide bonds. The van der Waals surface area contributed by atoms with E-state index in [0.29, 0.717) is 23.1 Å². The first-order chi connectivity index (χ1) is 16.0. The van der Waals surface area contributed by atoms with E-state index < -0.39 is 11.1 Å². The Morgan fingerprint density at radius 2 is 1.91 bits per heavy atom. The van der Waals surface area contributed by atoms with Crippen LogP contribution in [0.25, 0.3) is 11.0 Å². The van der Waals surface area contributed by atoms with Crippen LogP contribution >= 0.6 is 11.3 Å². The van der Waals surface area contributed by atoms with Crippen LogP contribution in [0.2, 0.25) is 0 Å². The molecule has 0 saturated heterocycles. The molecule has 2 N–H and O–H groups in total. The van der Waals surface area contributed by atoms with Gasteiger partial charge in [0.25, 0.3) is 5.91 Å². The predicted molar refractivity (Wildman–Crippen MR) is 131 cm³/mol. The molecule has 4 aromatic rings. The van der Waals surface area contributed by atoms with Gasteiger partial charge in [-0.25, -0.2) is 0 Å². The molecule has 1 atom stereocenters. The van der Waals surface area contributed by atoms with Crippen molar-refractivity contribution in [3.63, 3.8) is 0 Å². The van der Waals surface area contributed by atoms with Gasteiger partial charge in [0.05, 0.1) is 17.1 Å². The Hall–Kier alpha value is -3.45. The summed E-state index contributed by atoms with van der Waals surface area (Å²) in [6.45, 7) is 2.19. The summed E-state index contributed by atoms with van der Waals surface area (Å²) in [6.07, 6.45) is 4.62. The van der Waals surface area contributed by atoms with Crippen molar-refractivity contribution in [2.45, 2.75) is 45.2 Å². The van der Waals surface area contributed by atoms with E-state index in [9.17, 15) is 14.4 Å². The first-order valence-corrected chi connectivity index (χ1v) is 12.2. The predicted octanol–water partition coefficient (Wildman–Crippen LogP) is 4.17. The van der Waals surface area contributed by atoms with Gasteiger partial charge in [-0.2, -0.15) is 0 Å². The minimum Gasteiger partial charge on any atom is -0.340 e. The monoisotopic (exact) mass is 459 g/mol. The summed E-state index contributed by atoms with van der Waals surface area (Å²) in [4.78, 5) is 41.1. The van der Waals surface area contributed by atoms with Crippen LogP contribution in [0.4, 0.5) is 0 Å². The average Bonchev–Trinajstić information content (AvgIpc) is 3.37. The molecule has 0 saturated carbocycles. The number of fused-ring (bicyclic) bond motifs is 2. The highest BCUT2D eigenvalue weighted by Gasteiger charge is 2.21. The molecule has 2 aromatic carbocycles. The zero-order valence-corrected chi connectivity index (χ0v) is 19.2. The highest BCUT2D eigenvalue weighted by atomic mass is 32.1. The highest BCUT2D eigenvalue weighted by molar-refractivity contribution is 7.10. The minimum atomic E-state index is -0.688. The number of hydrogen-bond donors (Lipinski definition) is 2. The Labute approximate surface area is 194 Å². The van der Waals surface area contributed by atoms with Crippen LogP contribution in [0.15, 0.2) is 63.5 Å². The number of nitrogens with zero attached hydrogens (tertiary/aromatic N) is 1. The van der Waals surface area contributed by atoms with Crippen LogP contribution < -0.4 is 16.4 Å². The molecule has 7 heteroatoms. The second kappa shape index (κ2) is 8.83. The van der Waals surface area contributed by atoms with E-state index in [1.54, 1.807) is 29.5 Å². The van der Waals surface area contributed by atoms with Crippen molar-refractivity contribution >= 4 is 28.3 Å². The molecule has 2 aromatic heterocycles. The number of thiophene rings is 1. The maximum absolute atomic E-state index is 13.3. The molecule has 168 valence electrons. The lowest BCUT2D eigenvalue weighted by molar-refractivity contribution is 0.0943. The minimum absolute atomic E-state index is 0.233. The first-order valence-electron chi connectivity index (χ1n) is 11.3. The molecule has 0 fully saturated rings. The molecule has 6 nitrogen and oxygen atoms in total. The van der Waals surface area contributed by atoms with Crippen molar-refractivity contribution < 1.29 is 4.79 Å². The summed E-state index contributed by atoms with van der Waals surface area (Å²) in [5.74, 6) is -0.233. The Balaban J connectivity index is 1.51. The first kappa shape index (κ1) is 21.4. The van der Waals surface area contributed by atoms with Crippen molar-refractivity contribution in [3.8, 4) is 0 Å². The van der Waals surface area contributed by atoms with Crippen LogP contribution in [-0.4, -0.2) is 15.5 Å². The third-order valence-corrected chi connectivity index (χ3v) is 7.30. The van der Waals surface area contributed by atoms with Crippen molar-refractivity contribution in [3.05, 3.63) is 102 Å². The summed E-state index contributed by atoms with van der Waals surface area (Å²) in [7, 11) is 0. The number of nitrogens with one attached hydrogen (secondary N) is 2. The Bertz CT molecular complexity index is 1450. The van der Waals surface area contributed by atoms with Crippen molar-refractivity contribution in [1.82, 2.24) is 14.9 Å².